The van der Waals surface area contributed by atoms with Crippen molar-refractivity contribution < 1.29 is 9.18 Å². The van der Waals surface area contributed by atoms with Crippen LogP contribution in [-0.2, 0) is 4.79 Å². The van der Waals surface area contributed by atoms with E-state index in [1.54, 1.807) is 6.07 Å². The van der Waals surface area contributed by atoms with Crippen LogP contribution in [0.4, 0.5) is 10.2 Å². The van der Waals surface area contributed by atoms with Crippen molar-refractivity contribution in [3.63, 3.8) is 0 Å². The maximum atomic E-state index is 12.8. The van der Waals surface area contributed by atoms with Crippen LogP contribution in [0.5, 0.6) is 0 Å². The van der Waals surface area contributed by atoms with Crippen molar-refractivity contribution in [3.05, 3.63) is 24.1 Å². The monoisotopic (exact) mass is 236 g/mol. The molecule has 0 radical (unpaired) electrons. The lowest BCUT2D eigenvalue weighted by atomic mass is 10.0. The van der Waals surface area contributed by atoms with Gasteiger partial charge in [0.15, 0.2) is 0 Å². The highest BCUT2D eigenvalue weighted by Crippen LogP contribution is 2.28. The average Bonchev–Trinajstić information content (AvgIpc) is 2.79. The number of hydrogen-bond acceptors (Lipinski definition) is 2. The Hall–Kier alpha value is -1.45. The van der Waals surface area contributed by atoms with E-state index in [1.807, 2.05) is 0 Å². The van der Waals surface area contributed by atoms with Gasteiger partial charge in [0, 0.05) is 6.42 Å². The second-order valence-electron chi connectivity index (χ2n) is 4.58. The van der Waals surface area contributed by atoms with E-state index in [9.17, 15) is 9.18 Å². The van der Waals surface area contributed by atoms with Gasteiger partial charge in [0.1, 0.15) is 5.82 Å². The fourth-order valence-electron chi connectivity index (χ4n) is 2.32. The number of hydrogen-bond donors (Lipinski definition) is 1. The summed E-state index contributed by atoms with van der Waals surface area (Å²) < 4.78 is 12.8. The second-order valence-corrected chi connectivity index (χ2v) is 4.58. The van der Waals surface area contributed by atoms with Crippen molar-refractivity contribution >= 4 is 11.7 Å². The highest BCUT2D eigenvalue weighted by atomic mass is 19.1. The lowest BCUT2D eigenvalue weighted by molar-refractivity contribution is -0.116. The molecule has 92 valence electrons. The Morgan fingerprint density at radius 3 is 2.88 bits per heavy atom. The van der Waals surface area contributed by atoms with Gasteiger partial charge in [-0.3, -0.25) is 4.79 Å². The summed E-state index contributed by atoms with van der Waals surface area (Å²) in [5.74, 6) is 0.344. The van der Waals surface area contributed by atoms with Crippen molar-refractivity contribution in [2.45, 2.75) is 38.5 Å². The highest BCUT2D eigenvalue weighted by molar-refractivity contribution is 5.89. The zero-order chi connectivity index (χ0) is 12.1. The van der Waals surface area contributed by atoms with Gasteiger partial charge in [-0.05, 0) is 24.5 Å². The van der Waals surface area contributed by atoms with Gasteiger partial charge in [-0.25, -0.2) is 4.98 Å². The number of amides is 1. The highest BCUT2D eigenvalue weighted by Gasteiger charge is 2.16. The fourth-order valence-corrected chi connectivity index (χ4v) is 2.32. The third-order valence-electron chi connectivity index (χ3n) is 3.24. The molecule has 1 heterocycles. The maximum absolute atomic E-state index is 12.8. The Labute approximate surface area is 100 Å². The summed E-state index contributed by atoms with van der Waals surface area (Å²) >= 11 is 0. The van der Waals surface area contributed by atoms with Crippen molar-refractivity contribution in [2.24, 2.45) is 5.92 Å². The molecule has 2 rings (SSSR count). The predicted molar refractivity (Wildman–Crippen MR) is 64.0 cm³/mol. The van der Waals surface area contributed by atoms with Crippen LogP contribution in [0.3, 0.4) is 0 Å². The first kappa shape index (κ1) is 12.0. The normalized spacial score (nSPS) is 16.1. The summed E-state index contributed by atoms with van der Waals surface area (Å²) in [6.07, 6.45) is 6.50. The Morgan fingerprint density at radius 2 is 2.18 bits per heavy atom. The summed E-state index contributed by atoms with van der Waals surface area (Å²) in [4.78, 5) is 15.2. The number of carbonyl (C=O) groups is 1. The minimum atomic E-state index is -0.571. The smallest absolute Gasteiger partial charge is 0.225 e. The number of rotatable bonds is 4. The van der Waals surface area contributed by atoms with E-state index in [0.29, 0.717) is 18.2 Å². The molecule has 17 heavy (non-hydrogen) atoms. The van der Waals surface area contributed by atoms with E-state index in [2.05, 4.69) is 10.3 Å². The molecule has 1 amide bonds. The van der Waals surface area contributed by atoms with Crippen LogP contribution in [0.2, 0.25) is 0 Å². The SMILES string of the molecule is O=C(CCC1CCCC1)Nc1cccc(F)n1. The molecular formula is C13H17FN2O. The predicted octanol–water partition coefficient (Wildman–Crippen LogP) is 3.13. The first-order valence-electron chi connectivity index (χ1n) is 6.16. The van der Waals surface area contributed by atoms with E-state index in [4.69, 9.17) is 0 Å². The van der Waals surface area contributed by atoms with Crippen LogP contribution in [0.15, 0.2) is 18.2 Å². The van der Waals surface area contributed by atoms with Crippen LogP contribution in [0, 0.1) is 11.9 Å². The number of aromatic nitrogens is 1. The fraction of sp³-hybridized carbons (Fsp3) is 0.538. The van der Waals surface area contributed by atoms with Crippen LogP contribution in [0.25, 0.3) is 0 Å². The van der Waals surface area contributed by atoms with Gasteiger partial charge < -0.3 is 5.32 Å². The molecule has 0 bridgehead atoms. The number of carbonyl (C=O) groups excluding carboxylic acids is 1. The number of nitrogens with one attached hydrogen (secondary N) is 1. The molecule has 1 aliphatic rings. The van der Waals surface area contributed by atoms with Crippen molar-refractivity contribution in [1.82, 2.24) is 4.98 Å². The molecule has 4 heteroatoms. The van der Waals surface area contributed by atoms with Crippen LogP contribution in [0.1, 0.15) is 38.5 Å². The molecule has 1 N–H and O–H groups in total. The van der Waals surface area contributed by atoms with Gasteiger partial charge in [-0.1, -0.05) is 31.7 Å². The minimum absolute atomic E-state index is 0.0741. The molecule has 0 saturated heterocycles. The summed E-state index contributed by atoms with van der Waals surface area (Å²) in [6.45, 7) is 0. The zero-order valence-corrected chi connectivity index (χ0v) is 9.79. The average molecular weight is 236 g/mol. The van der Waals surface area contributed by atoms with Gasteiger partial charge >= 0.3 is 0 Å². The zero-order valence-electron chi connectivity index (χ0n) is 9.79. The number of halogens is 1. The van der Waals surface area contributed by atoms with Crippen molar-refractivity contribution in [2.75, 3.05) is 5.32 Å². The van der Waals surface area contributed by atoms with E-state index in [0.717, 1.165) is 6.42 Å². The molecule has 0 spiro atoms. The van der Waals surface area contributed by atoms with Gasteiger partial charge in [0.25, 0.3) is 0 Å². The molecule has 1 aliphatic carbocycles. The first-order chi connectivity index (χ1) is 8.24. The molecule has 0 aromatic carbocycles. The van der Waals surface area contributed by atoms with Crippen LogP contribution in [-0.4, -0.2) is 10.9 Å². The van der Waals surface area contributed by atoms with Crippen molar-refractivity contribution in [1.29, 1.82) is 0 Å². The van der Waals surface area contributed by atoms with E-state index >= 15 is 0 Å². The molecular weight excluding hydrogens is 219 g/mol. The van der Waals surface area contributed by atoms with Crippen LogP contribution < -0.4 is 5.32 Å². The quantitative estimate of drug-likeness (QED) is 0.816. The topological polar surface area (TPSA) is 42.0 Å². The summed E-state index contributed by atoms with van der Waals surface area (Å²) in [5, 5.41) is 2.62. The minimum Gasteiger partial charge on any atom is -0.311 e. The molecule has 0 aliphatic heterocycles. The lowest BCUT2D eigenvalue weighted by Gasteiger charge is -2.08. The summed E-state index contributed by atoms with van der Waals surface area (Å²) in [6, 6.07) is 4.39. The lowest BCUT2D eigenvalue weighted by Crippen LogP contribution is -2.13. The van der Waals surface area contributed by atoms with Crippen LogP contribution >= 0.6 is 0 Å². The number of pyridine rings is 1. The Kier molecular flexibility index (Phi) is 4.07. The molecule has 1 fully saturated rings. The summed E-state index contributed by atoms with van der Waals surface area (Å²) in [5.41, 5.74) is 0. The molecule has 1 aromatic heterocycles. The summed E-state index contributed by atoms with van der Waals surface area (Å²) in [7, 11) is 0. The standard InChI is InChI=1S/C13H17FN2O/c14-11-6-3-7-12(15-11)16-13(17)9-8-10-4-1-2-5-10/h3,6-7,10H,1-2,4-5,8-9H2,(H,15,16,17). The third-order valence-corrected chi connectivity index (χ3v) is 3.24. The molecule has 1 aromatic rings. The molecule has 0 unspecified atom stereocenters. The maximum Gasteiger partial charge on any atom is 0.225 e. The van der Waals surface area contributed by atoms with Crippen molar-refractivity contribution in [3.8, 4) is 0 Å². The van der Waals surface area contributed by atoms with Gasteiger partial charge in [-0.15, -0.1) is 0 Å². The third kappa shape index (κ3) is 3.80. The van der Waals surface area contributed by atoms with E-state index in [-0.39, 0.29) is 5.91 Å². The number of nitrogens with zero attached hydrogens (tertiary/aromatic N) is 1. The van der Waals surface area contributed by atoms with E-state index < -0.39 is 5.95 Å². The number of anilines is 1. The van der Waals surface area contributed by atoms with E-state index in [1.165, 1.54) is 37.8 Å². The van der Waals surface area contributed by atoms with Gasteiger partial charge in [0.05, 0.1) is 0 Å². The Morgan fingerprint density at radius 1 is 1.41 bits per heavy atom. The van der Waals surface area contributed by atoms with Gasteiger partial charge in [0.2, 0.25) is 11.9 Å². The second kappa shape index (κ2) is 5.75. The molecule has 0 atom stereocenters. The Balaban J connectivity index is 1.76. The van der Waals surface area contributed by atoms with Gasteiger partial charge in [-0.2, -0.15) is 4.39 Å². The first-order valence-corrected chi connectivity index (χ1v) is 6.16. The largest absolute Gasteiger partial charge is 0.311 e. The molecule has 3 nitrogen and oxygen atoms in total. The Bertz CT molecular complexity index is 389. The molecule has 1 saturated carbocycles.